The molecular weight excluding hydrogens is 378 g/mol. The van der Waals surface area contributed by atoms with Gasteiger partial charge in [0.15, 0.2) is 5.78 Å². The molecule has 1 aliphatic heterocycles. The number of carbonyl (C=O) groups is 1. The Morgan fingerprint density at radius 3 is 2.67 bits per heavy atom. The molecular formula is C24H27N3O3. The highest BCUT2D eigenvalue weighted by Gasteiger charge is 2.28. The minimum Gasteiger partial charge on any atom is -0.496 e. The molecule has 6 nitrogen and oxygen atoms in total. The Kier molecular flexibility index (Phi) is 6.26. The molecule has 0 aliphatic carbocycles. The Morgan fingerprint density at radius 1 is 1.33 bits per heavy atom. The van der Waals surface area contributed by atoms with E-state index in [2.05, 4.69) is 21.7 Å². The van der Waals surface area contributed by atoms with Gasteiger partial charge in [-0.15, -0.1) is 0 Å². The molecule has 0 saturated carbocycles. The third kappa shape index (κ3) is 3.81. The number of H-pyrrole nitrogens is 1. The second-order valence-electron chi connectivity index (χ2n) is 6.96. The Morgan fingerprint density at radius 2 is 2.10 bits per heavy atom. The van der Waals surface area contributed by atoms with E-state index in [1.54, 1.807) is 13.3 Å². The van der Waals surface area contributed by atoms with Gasteiger partial charge in [0.25, 0.3) is 0 Å². The van der Waals surface area contributed by atoms with Crippen LogP contribution in [-0.4, -0.2) is 41.6 Å². The van der Waals surface area contributed by atoms with Gasteiger partial charge in [0.1, 0.15) is 18.1 Å². The minimum atomic E-state index is -0.0837. The molecule has 0 saturated heterocycles. The topological polar surface area (TPSA) is 67.5 Å². The van der Waals surface area contributed by atoms with Crippen LogP contribution in [0.4, 0.5) is 0 Å². The number of aromatic amines is 1. The van der Waals surface area contributed by atoms with Crippen molar-refractivity contribution in [1.82, 2.24) is 15.1 Å². The average Bonchev–Trinajstić information content (AvgIpc) is 3.29. The predicted molar refractivity (Wildman–Crippen MR) is 119 cm³/mol. The van der Waals surface area contributed by atoms with Crippen molar-refractivity contribution in [2.75, 3.05) is 20.8 Å². The van der Waals surface area contributed by atoms with Crippen molar-refractivity contribution in [3.05, 3.63) is 71.7 Å². The molecule has 3 rings (SSSR count). The van der Waals surface area contributed by atoms with Gasteiger partial charge in [-0.1, -0.05) is 18.7 Å². The van der Waals surface area contributed by atoms with Crippen LogP contribution in [0.3, 0.4) is 0 Å². The van der Waals surface area contributed by atoms with Gasteiger partial charge in [-0.2, -0.15) is 5.10 Å². The summed E-state index contributed by atoms with van der Waals surface area (Å²) >= 11 is 0. The number of ether oxygens (including phenoxy) is 2. The monoisotopic (exact) mass is 405 g/mol. The van der Waals surface area contributed by atoms with E-state index < -0.39 is 0 Å². The number of nitrogens with zero attached hydrogens (tertiary/aromatic N) is 2. The van der Waals surface area contributed by atoms with Gasteiger partial charge in [-0.3, -0.25) is 9.89 Å². The molecule has 2 aromatic rings. The fourth-order valence-electron chi connectivity index (χ4n) is 3.57. The maximum atomic E-state index is 12.2. The predicted octanol–water partition coefficient (Wildman–Crippen LogP) is 4.75. The quantitative estimate of drug-likeness (QED) is 0.532. The molecule has 0 fully saturated rings. The highest BCUT2D eigenvalue weighted by molar-refractivity contribution is 6.00. The van der Waals surface area contributed by atoms with Crippen molar-refractivity contribution < 1.29 is 14.3 Å². The molecule has 6 heteroatoms. The summed E-state index contributed by atoms with van der Waals surface area (Å²) in [5.41, 5.74) is 5.73. The zero-order chi connectivity index (χ0) is 21.8. The molecule has 1 N–H and O–H groups in total. The first-order valence-corrected chi connectivity index (χ1v) is 9.73. The Labute approximate surface area is 177 Å². The summed E-state index contributed by atoms with van der Waals surface area (Å²) in [5, 5.41) is 6.90. The summed E-state index contributed by atoms with van der Waals surface area (Å²) in [6.07, 6.45) is 9.59. The van der Waals surface area contributed by atoms with Crippen LogP contribution in [0.5, 0.6) is 11.5 Å². The third-order valence-electron chi connectivity index (χ3n) is 5.17. The van der Waals surface area contributed by atoms with Crippen molar-refractivity contribution in [3.63, 3.8) is 0 Å². The van der Waals surface area contributed by atoms with Gasteiger partial charge < -0.3 is 14.4 Å². The van der Waals surface area contributed by atoms with E-state index in [4.69, 9.17) is 9.47 Å². The molecule has 1 aromatic heterocycles. The molecule has 0 bridgehead atoms. The maximum absolute atomic E-state index is 12.2. The lowest BCUT2D eigenvalue weighted by Gasteiger charge is -2.32. The number of fused-ring (bicyclic) bond motifs is 1. The summed E-state index contributed by atoms with van der Waals surface area (Å²) in [7, 11) is 3.61. The fraction of sp³-hybridized carbons (Fsp3) is 0.250. The molecule has 0 unspecified atom stereocenters. The lowest BCUT2D eigenvalue weighted by atomic mass is 9.92. The van der Waals surface area contributed by atoms with Crippen LogP contribution < -0.4 is 9.47 Å². The SMILES string of the molecule is C=C(C(C)=O)C1=C(N(C)C(/C=C\C)=C/C)c2cc(-c3cn[nH]c3)c(OC)cc2OC1. The molecule has 0 spiro atoms. The lowest BCUT2D eigenvalue weighted by Crippen LogP contribution is -2.25. The van der Waals surface area contributed by atoms with Crippen LogP contribution in [0.1, 0.15) is 26.3 Å². The van der Waals surface area contributed by atoms with Crippen LogP contribution in [0, 0.1) is 0 Å². The number of ketones is 1. The highest BCUT2D eigenvalue weighted by atomic mass is 16.5. The molecule has 0 atom stereocenters. The van der Waals surface area contributed by atoms with E-state index in [9.17, 15) is 4.79 Å². The number of Topliss-reactive ketones (excluding diaryl/α,β-unsaturated/α-hetero) is 1. The van der Waals surface area contributed by atoms with Crippen molar-refractivity contribution in [1.29, 1.82) is 0 Å². The van der Waals surface area contributed by atoms with E-state index in [1.165, 1.54) is 6.92 Å². The molecule has 30 heavy (non-hydrogen) atoms. The first-order valence-electron chi connectivity index (χ1n) is 9.73. The average molecular weight is 405 g/mol. The minimum absolute atomic E-state index is 0.0837. The van der Waals surface area contributed by atoms with Gasteiger partial charge in [0.05, 0.1) is 19.0 Å². The van der Waals surface area contributed by atoms with Crippen molar-refractivity contribution in [3.8, 4) is 22.6 Å². The number of nitrogens with one attached hydrogen (secondary N) is 1. The summed E-state index contributed by atoms with van der Waals surface area (Å²) in [6.45, 7) is 9.77. The first-order chi connectivity index (χ1) is 14.4. The molecule has 1 aliphatic rings. The van der Waals surface area contributed by atoms with Crippen LogP contribution in [0.2, 0.25) is 0 Å². The number of likely N-dealkylation sites (N-methyl/N-ethyl adjacent to an activating group) is 1. The maximum Gasteiger partial charge on any atom is 0.159 e. The summed E-state index contributed by atoms with van der Waals surface area (Å²) in [4.78, 5) is 14.2. The van der Waals surface area contributed by atoms with Gasteiger partial charge >= 0.3 is 0 Å². The van der Waals surface area contributed by atoms with Crippen molar-refractivity contribution >= 4 is 11.5 Å². The lowest BCUT2D eigenvalue weighted by molar-refractivity contribution is -0.113. The van der Waals surface area contributed by atoms with Crippen molar-refractivity contribution in [2.24, 2.45) is 0 Å². The van der Waals surface area contributed by atoms with E-state index >= 15 is 0 Å². The molecule has 156 valence electrons. The number of hydrogen-bond acceptors (Lipinski definition) is 5. The second kappa shape index (κ2) is 8.86. The summed E-state index contributed by atoms with van der Waals surface area (Å²) in [5.74, 6) is 1.29. The molecule has 0 radical (unpaired) electrons. The third-order valence-corrected chi connectivity index (χ3v) is 5.17. The van der Waals surface area contributed by atoms with Gasteiger partial charge in [0.2, 0.25) is 0 Å². The van der Waals surface area contributed by atoms with Gasteiger partial charge in [-0.05, 0) is 32.9 Å². The largest absolute Gasteiger partial charge is 0.496 e. The number of carbonyl (C=O) groups excluding carboxylic acids is 1. The fourth-order valence-corrected chi connectivity index (χ4v) is 3.57. The van der Waals surface area contributed by atoms with E-state index in [0.717, 1.165) is 33.7 Å². The van der Waals surface area contributed by atoms with Gasteiger partial charge in [0, 0.05) is 52.8 Å². The summed E-state index contributed by atoms with van der Waals surface area (Å²) < 4.78 is 11.6. The zero-order valence-electron chi connectivity index (χ0n) is 18.1. The Hall–Kier alpha value is -3.54. The molecule has 1 aromatic carbocycles. The zero-order valence-corrected chi connectivity index (χ0v) is 18.1. The van der Waals surface area contributed by atoms with Crippen molar-refractivity contribution in [2.45, 2.75) is 20.8 Å². The van der Waals surface area contributed by atoms with E-state index in [1.807, 2.05) is 57.5 Å². The van der Waals surface area contributed by atoms with E-state index in [0.29, 0.717) is 17.1 Å². The highest BCUT2D eigenvalue weighted by Crippen LogP contribution is 2.44. The van der Waals surface area contributed by atoms with Crippen LogP contribution in [0.15, 0.2) is 66.2 Å². The molecule has 2 heterocycles. The second-order valence-corrected chi connectivity index (χ2v) is 6.96. The number of rotatable bonds is 7. The smallest absolute Gasteiger partial charge is 0.159 e. The van der Waals surface area contributed by atoms with Crippen LogP contribution >= 0.6 is 0 Å². The Bertz CT molecular complexity index is 1060. The normalized spacial score (nSPS) is 13.8. The Balaban J connectivity index is 2.30. The van der Waals surface area contributed by atoms with Crippen LogP contribution in [-0.2, 0) is 4.79 Å². The number of hydrogen-bond donors (Lipinski definition) is 1. The van der Waals surface area contributed by atoms with Gasteiger partial charge in [-0.25, -0.2) is 0 Å². The number of benzene rings is 1. The number of methoxy groups -OCH3 is 1. The summed E-state index contributed by atoms with van der Waals surface area (Å²) in [6, 6.07) is 3.89. The van der Waals surface area contributed by atoms with E-state index in [-0.39, 0.29) is 12.4 Å². The standard InChI is InChI=1S/C24H27N3O3/c1-7-9-18(8-2)27(5)24-20-10-19(17-12-25-26-13-17)22(29-6)11-23(20)30-14-21(24)15(3)16(4)28/h7-13H,3,14H2,1-2,4-6H3,(H,25,26)/b9-7-,18-8+. The molecule has 0 amide bonds. The first kappa shape index (κ1) is 21.2. The number of allylic oxidation sites excluding steroid dienone is 3. The van der Waals surface area contributed by atoms with Crippen LogP contribution in [0.25, 0.3) is 16.8 Å². The number of aromatic nitrogens is 2.